The molecule has 0 aliphatic rings. The van der Waals surface area contributed by atoms with Gasteiger partial charge in [-0.3, -0.25) is 0 Å². The van der Waals surface area contributed by atoms with Crippen LogP contribution in [0.15, 0.2) is 126 Å². The summed E-state index contributed by atoms with van der Waals surface area (Å²) in [6.07, 6.45) is 0. The Morgan fingerprint density at radius 1 is 0.615 bits per heavy atom. The molecule has 2 heterocycles. The number of rotatable bonds is 6. The Labute approximate surface area is 308 Å². The molecule has 52 heavy (non-hydrogen) atoms. The smallest absolute Gasteiger partial charge is 0.299 e. The Balaban J connectivity index is 1.35. The lowest BCUT2D eigenvalue weighted by atomic mass is 9.86. The average molecular weight is 682 g/mol. The molecular formula is C49H49N2O+. The van der Waals surface area contributed by atoms with Gasteiger partial charge in [0.1, 0.15) is 16.8 Å². The fraction of sp³-hybridized carbons (Fsp3) is 0.245. The van der Waals surface area contributed by atoms with Crippen LogP contribution < -0.4 is 4.57 Å². The summed E-state index contributed by atoms with van der Waals surface area (Å²) >= 11 is 0. The molecule has 260 valence electrons. The number of nitrogens with zero attached hydrogens (tertiary/aromatic N) is 2. The molecule has 0 bridgehead atoms. The van der Waals surface area contributed by atoms with Crippen molar-refractivity contribution in [3.05, 3.63) is 144 Å². The van der Waals surface area contributed by atoms with Gasteiger partial charge in [-0.15, -0.1) is 0 Å². The van der Waals surface area contributed by atoms with Crippen molar-refractivity contribution < 1.29 is 8.98 Å². The average Bonchev–Trinajstić information content (AvgIpc) is 3.65. The van der Waals surface area contributed by atoms with Crippen LogP contribution in [0.3, 0.4) is 0 Å². The van der Waals surface area contributed by atoms with E-state index in [-0.39, 0.29) is 17.3 Å². The molecule has 0 N–H and O–H groups in total. The second-order valence-electron chi connectivity index (χ2n) is 16.2. The highest BCUT2D eigenvalue weighted by molar-refractivity contribution is 6.10. The number of aryl methyl sites for hydroxylation is 2. The summed E-state index contributed by atoms with van der Waals surface area (Å²) in [5, 5.41) is 2.29. The van der Waals surface area contributed by atoms with Crippen LogP contribution in [0.2, 0.25) is 0 Å². The van der Waals surface area contributed by atoms with E-state index in [2.05, 4.69) is 193 Å². The number of imidazole rings is 1. The Morgan fingerprint density at radius 3 is 1.79 bits per heavy atom. The summed E-state index contributed by atoms with van der Waals surface area (Å²) in [7, 11) is 2.20. The van der Waals surface area contributed by atoms with Crippen LogP contribution in [-0.4, -0.2) is 4.57 Å². The minimum absolute atomic E-state index is 0.140. The van der Waals surface area contributed by atoms with Crippen LogP contribution in [0.25, 0.3) is 72.3 Å². The highest BCUT2D eigenvalue weighted by Gasteiger charge is 2.34. The summed E-state index contributed by atoms with van der Waals surface area (Å²) in [5.74, 6) is 1.70. The molecule has 0 unspecified atom stereocenters. The van der Waals surface area contributed by atoms with Gasteiger partial charge in [-0.2, -0.15) is 4.57 Å². The summed E-state index contributed by atoms with van der Waals surface area (Å²) < 4.78 is 11.6. The molecule has 0 fully saturated rings. The maximum atomic E-state index is 6.73. The number of para-hydroxylation sites is 3. The highest BCUT2D eigenvalue weighted by atomic mass is 16.3. The standard InChI is InChI=1S/C49H49N2O/c1-30(2)40-28-36(35-21-19-33(20-22-35)34-23-25-37(26-24-34)49(6,7)8)29-41(31(3)4)46(40)51-43-16-12-11-15-42(43)50(9)48(51)45-32(5)18-27-39-38-14-10-13-17-44(38)52-47(39)45/h10-31H,1-9H3/q+1. The molecule has 0 spiro atoms. The normalized spacial score (nSPS) is 12.3. The summed E-state index contributed by atoms with van der Waals surface area (Å²) in [6.45, 7) is 18.3. The van der Waals surface area contributed by atoms with Gasteiger partial charge >= 0.3 is 0 Å². The fourth-order valence-corrected chi connectivity index (χ4v) is 7.99. The first-order valence-electron chi connectivity index (χ1n) is 18.7. The number of benzene rings is 6. The molecule has 0 atom stereocenters. The first kappa shape index (κ1) is 33.7. The van der Waals surface area contributed by atoms with Crippen molar-refractivity contribution in [2.24, 2.45) is 7.05 Å². The van der Waals surface area contributed by atoms with Crippen molar-refractivity contribution in [3.63, 3.8) is 0 Å². The number of hydrogen-bond donors (Lipinski definition) is 0. The van der Waals surface area contributed by atoms with E-state index in [1.807, 2.05) is 0 Å². The molecule has 0 radical (unpaired) electrons. The molecular weight excluding hydrogens is 633 g/mol. The van der Waals surface area contributed by atoms with Crippen molar-refractivity contribution in [3.8, 4) is 39.3 Å². The quantitative estimate of drug-likeness (QED) is 0.160. The van der Waals surface area contributed by atoms with Gasteiger partial charge < -0.3 is 4.42 Å². The van der Waals surface area contributed by atoms with Crippen molar-refractivity contribution in [2.45, 2.75) is 72.6 Å². The van der Waals surface area contributed by atoms with E-state index in [1.165, 1.54) is 61.2 Å². The molecule has 0 aliphatic carbocycles. The molecule has 3 nitrogen and oxygen atoms in total. The van der Waals surface area contributed by atoms with Gasteiger partial charge in [-0.25, -0.2) is 4.57 Å². The molecule has 0 saturated heterocycles. The van der Waals surface area contributed by atoms with E-state index >= 15 is 0 Å². The Hall–Kier alpha value is -5.41. The van der Waals surface area contributed by atoms with Gasteiger partial charge in [-0.05, 0) is 87.9 Å². The van der Waals surface area contributed by atoms with Gasteiger partial charge in [0, 0.05) is 21.9 Å². The van der Waals surface area contributed by atoms with Crippen LogP contribution >= 0.6 is 0 Å². The zero-order valence-corrected chi connectivity index (χ0v) is 32.0. The van der Waals surface area contributed by atoms with Gasteiger partial charge in [0.2, 0.25) is 0 Å². The van der Waals surface area contributed by atoms with E-state index in [9.17, 15) is 0 Å². The summed E-state index contributed by atoms with van der Waals surface area (Å²) in [6, 6.07) is 44.7. The zero-order chi connectivity index (χ0) is 36.5. The van der Waals surface area contributed by atoms with Crippen molar-refractivity contribution in [1.82, 2.24) is 4.57 Å². The van der Waals surface area contributed by atoms with Crippen LogP contribution in [0.5, 0.6) is 0 Å². The lowest BCUT2D eigenvalue weighted by molar-refractivity contribution is -0.633. The third kappa shape index (κ3) is 5.55. The molecule has 2 aromatic heterocycles. The molecule has 8 rings (SSSR count). The van der Waals surface area contributed by atoms with Crippen molar-refractivity contribution in [2.75, 3.05) is 0 Å². The molecule has 0 aliphatic heterocycles. The predicted octanol–water partition coefficient (Wildman–Crippen LogP) is 13.2. The number of hydrogen-bond acceptors (Lipinski definition) is 1. The van der Waals surface area contributed by atoms with E-state index in [4.69, 9.17) is 4.42 Å². The maximum Gasteiger partial charge on any atom is 0.299 e. The monoisotopic (exact) mass is 681 g/mol. The van der Waals surface area contributed by atoms with E-state index in [0.29, 0.717) is 0 Å². The largest absolute Gasteiger partial charge is 0.455 e. The number of furan rings is 1. The highest BCUT2D eigenvalue weighted by Crippen LogP contribution is 2.43. The second-order valence-corrected chi connectivity index (χ2v) is 16.2. The van der Waals surface area contributed by atoms with Crippen molar-refractivity contribution in [1.29, 1.82) is 0 Å². The molecule has 6 aromatic carbocycles. The minimum Gasteiger partial charge on any atom is -0.455 e. The fourth-order valence-electron chi connectivity index (χ4n) is 7.99. The predicted molar refractivity (Wildman–Crippen MR) is 220 cm³/mol. The molecule has 0 saturated carbocycles. The minimum atomic E-state index is 0.140. The molecule has 3 heteroatoms. The SMILES string of the molecule is Cc1ccc2c(oc3ccccc32)c1-c1n(-c2c(C(C)C)cc(-c3ccc(-c4ccc(C(C)(C)C)cc4)cc3)cc2C(C)C)c2ccccc2[n+]1C. The Morgan fingerprint density at radius 2 is 1.17 bits per heavy atom. The van der Waals surface area contributed by atoms with Crippen LogP contribution in [-0.2, 0) is 12.5 Å². The number of aromatic nitrogens is 2. The van der Waals surface area contributed by atoms with E-state index in [1.54, 1.807) is 0 Å². The van der Waals surface area contributed by atoms with Crippen LogP contribution in [0.4, 0.5) is 0 Å². The second kappa shape index (κ2) is 12.7. The van der Waals surface area contributed by atoms with Crippen molar-refractivity contribution >= 4 is 33.0 Å². The van der Waals surface area contributed by atoms with Crippen LogP contribution in [0, 0.1) is 6.92 Å². The summed E-state index contributed by atoms with van der Waals surface area (Å²) in [4.78, 5) is 0. The lowest BCUT2D eigenvalue weighted by Gasteiger charge is -2.21. The van der Waals surface area contributed by atoms with Gasteiger partial charge in [0.05, 0.1) is 7.05 Å². The lowest BCUT2D eigenvalue weighted by Crippen LogP contribution is -2.30. The third-order valence-electron chi connectivity index (χ3n) is 10.9. The van der Waals surface area contributed by atoms with Gasteiger partial charge in [0.15, 0.2) is 16.6 Å². The molecule has 0 amide bonds. The first-order valence-corrected chi connectivity index (χ1v) is 18.7. The maximum absolute atomic E-state index is 6.73. The number of fused-ring (bicyclic) bond motifs is 4. The first-order chi connectivity index (χ1) is 24.9. The summed E-state index contributed by atoms with van der Waals surface area (Å²) in [5.41, 5.74) is 16.9. The van der Waals surface area contributed by atoms with E-state index < -0.39 is 0 Å². The van der Waals surface area contributed by atoms with Crippen LogP contribution in [0.1, 0.15) is 82.6 Å². The Kier molecular flexibility index (Phi) is 8.21. The topological polar surface area (TPSA) is 21.9 Å². The van der Waals surface area contributed by atoms with Gasteiger partial charge in [0.25, 0.3) is 5.82 Å². The van der Waals surface area contributed by atoms with Gasteiger partial charge in [-0.1, -0.05) is 139 Å². The van der Waals surface area contributed by atoms with E-state index in [0.717, 1.165) is 33.3 Å². The zero-order valence-electron chi connectivity index (χ0n) is 32.0. The Bertz CT molecular complexity index is 2580. The molecule has 8 aromatic rings. The third-order valence-corrected chi connectivity index (χ3v) is 10.9.